The third-order valence-electron chi connectivity index (χ3n) is 4.96. The maximum atomic E-state index is 11.7. The van der Waals surface area contributed by atoms with E-state index in [1.54, 1.807) is 11.9 Å². The van der Waals surface area contributed by atoms with E-state index in [-0.39, 0.29) is 21.8 Å². The van der Waals surface area contributed by atoms with Crippen LogP contribution in [0.5, 0.6) is 0 Å². The number of rotatable bonds is 9. The first-order valence-corrected chi connectivity index (χ1v) is 13.8. The highest BCUT2D eigenvalue weighted by molar-refractivity contribution is 7.98. The molecule has 0 heterocycles. The van der Waals surface area contributed by atoms with Crippen molar-refractivity contribution in [2.24, 2.45) is 0 Å². The van der Waals surface area contributed by atoms with Crippen molar-refractivity contribution in [1.29, 1.82) is 0 Å². The summed E-state index contributed by atoms with van der Waals surface area (Å²) in [6.07, 6.45) is 0.309. The largest absolute Gasteiger partial charge is 0.466 e. The van der Waals surface area contributed by atoms with Crippen LogP contribution in [0.1, 0.15) is 65.6 Å². The molecule has 6 heteroatoms. The van der Waals surface area contributed by atoms with Crippen molar-refractivity contribution in [2.75, 3.05) is 13.2 Å². The highest BCUT2D eigenvalue weighted by Gasteiger charge is 2.37. The summed E-state index contributed by atoms with van der Waals surface area (Å²) in [5, 5.41) is 0.179. The van der Waals surface area contributed by atoms with Gasteiger partial charge in [0.25, 0.3) is 0 Å². The Kier molecular flexibility index (Phi) is 9.26. The fourth-order valence-corrected chi connectivity index (χ4v) is 3.92. The molecule has 0 spiro atoms. The lowest BCUT2D eigenvalue weighted by molar-refractivity contribution is -0.142. The van der Waals surface area contributed by atoms with Crippen molar-refractivity contribution >= 4 is 26.2 Å². The predicted octanol–water partition coefficient (Wildman–Crippen LogP) is 5.89. The Bertz CT molecular complexity index is 618. The zero-order valence-electron chi connectivity index (χ0n) is 19.1. The lowest BCUT2D eigenvalue weighted by atomic mass is 10.0. The number of hydrogen-bond acceptors (Lipinski definition) is 5. The number of hydrogen-bond donors (Lipinski definition) is 1. The van der Waals surface area contributed by atoms with Gasteiger partial charge in [0.2, 0.25) is 0 Å². The molecule has 1 atom stereocenters. The van der Waals surface area contributed by atoms with E-state index in [2.05, 4.69) is 71.5 Å². The van der Waals surface area contributed by atoms with Crippen molar-refractivity contribution in [1.82, 2.24) is 4.72 Å². The quantitative estimate of drug-likeness (QED) is 0.303. The van der Waals surface area contributed by atoms with Crippen LogP contribution in [0.2, 0.25) is 18.1 Å². The van der Waals surface area contributed by atoms with Gasteiger partial charge in [-0.1, -0.05) is 57.0 Å². The second kappa shape index (κ2) is 10.3. The molecule has 1 N–H and O–H groups in total. The zero-order chi connectivity index (χ0) is 21.6. The Labute approximate surface area is 177 Å². The van der Waals surface area contributed by atoms with E-state index < -0.39 is 8.32 Å². The summed E-state index contributed by atoms with van der Waals surface area (Å²) in [6, 6.07) is 8.29. The minimum Gasteiger partial charge on any atom is -0.466 e. The normalized spacial score (nSPS) is 14.0. The molecule has 0 saturated heterocycles. The van der Waals surface area contributed by atoms with Crippen molar-refractivity contribution in [2.45, 2.75) is 83.8 Å². The average Bonchev–Trinajstić information content (AvgIpc) is 2.54. The van der Waals surface area contributed by atoms with Gasteiger partial charge < -0.3 is 9.16 Å². The van der Waals surface area contributed by atoms with E-state index in [4.69, 9.17) is 9.16 Å². The standard InChI is InChI=1S/C22H39NO3SSi/c1-10-25-20(24)15-17-11-13-18(14-12-17)19(23-27-21(2,3)4)16-26-28(8,9)22(5,6)7/h11-14,19,23H,10,15-16H2,1-9H3/t19-/m1/s1. The summed E-state index contributed by atoms with van der Waals surface area (Å²) in [6.45, 7) is 20.8. The number of carbonyl (C=O) groups excluding carboxylic acids is 1. The number of carbonyl (C=O) groups is 1. The molecule has 160 valence electrons. The van der Waals surface area contributed by atoms with Crippen molar-refractivity contribution < 1.29 is 14.0 Å². The summed E-state index contributed by atoms with van der Waals surface area (Å²) >= 11 is 1.73. The Balaban J connectivity index is 2.90. The maximum absolute atomic E-state index is 11.7. The molecule has 0 fully saturated rings. The molecule has 0 aliphatic carbocycles. The van der Waals surface area contributed by atoms with Crippen LogP contribution in [0.15, 0.2) is 24.3 Å². The average molecular weight is 426 g/mol. The van der Waals surface area contributed by atoms with Gasteiger partial charge in [0.05, 0.1) is 25.7 Å². The lowest BCUT2D eigenvalue weighted by Crippen LogP contribution is -2.42. The Hall–Kier alpha value is -0.823. The zero-order valence-corrected chi connectivity index (χ0v) is 21.0. The Morgan fingerprint density at radius 2 is 1.68 bits per heavy atom. The molecule has 0 aliphatic heterocycles. The first-order chi connectivity index (χ1) is 12.7. The van der Waals surface area contributed by atoms with E-state index in [9.17, 15) is 4.79 Å². The SMILES string of the molecule is CCOC(=O)Cc1ccc([C@@H](CO[Si](C)(C)C(C)(C)C)NSC(C)(C)C)cc1. The van der Waals surface area contributed by atoms with Crippen molar-refractivity contribution in [3.8, 4) is 0 Å². The van der Waals surface area contributed by atoms with Gasteiger partial charge in [-0.25, -0.2) is 0 Å². The molecule has 0 unspecified atom stereocenters. The minimum atomic E-state index is -1.83. The summed E-state index contributed by atoms with van der Waals surface area (Å²) < 4.78 is 15.2. The summed E-state index contributed by atoms with van der Waals surface area (Å²) in [5.74, 6) is -0.186. The smallest absolute Gasteiger partial charge is 0.310 e. The van der Waals surface area contributed by atoms with Crippen molar-refractivity contribution in [3.05, 3.63) is 35.4 Å². The van der Waals surface area contributed by atoms with Crippen LogP contribution in [0.4, 0.5) is 0 Å². The predicted molar refractivity (Wildman–Crippen MR) is 123 cm³/mol. The van der Waals surface area contributed by atoms with Crippen LogP contribution in [0, 0.1) is 0 Å². The molecule has 28 heavy (non-hydrogen) atoms. The number of benzene rings is 1. The third kappa shape index (κ3) is 8.68. The molecule has 0 saturated carbocycles. The molecule has 0 radical (unpaired) electrons. The third-order valence-corrected chi connectivity index (χ3v) is 10.5. The second-order valence-electron chi connectivity index (χ2n) is 9.68. The van der Waals surface area contributed by atoms with Gasteiger partial charge in [-0.05, 0) is 57.0 Å². The molecule has 4 nitrogen and oxygen atoms in total. The van der Waals surface area contributed by atoms with Crippen LogP contribution in [-0.4, -0.2) is 32.2 Å². The second-order valence-corrected chi connectivity index (χ2v) is 16.2. The van der Waals surface area contributed by atoms with E-state index in [1.807, 2.05) is 19.1 Å². The molecule has 1 rings (SSSR count). The molecular weight excluding hydrogens is 386 g/mol. The molecular formula is C22H39NO3SSi. The van der Waals surface area contributed by atoms with Gasteiger partial charge in [-0.2, -0.15) is 0 Å². The lowest BCUT2D eigenvalue weighted by Gasteiger charge is -2.37. The van der Waals surface area contributed by atoms with Gasteiger partial charge in [0.15, 0.2) is 8.32 Å². The molecule has 0 aromatic heterocycles. The summed E-state index contributed by atoms with van der Waals surface area (Å²) in [4.78, 5) is 11.7. The minimum absolute atomic E-state index is 0.0926. The Morgan fingerprint density at radius 3 is 2.14 bits per heavy atom. The molecule has 0 aliphatic rings. The van der Waals surface area contributed by atoms with Crippen LogP contribution in [0.3, 0.4) is 0 Å². The summed E-state index contributed by atoms with van der Waals surface area (Å²) in [5.41, 5.74) is 2.14. The van der Waals surface area contributed by atoms with E-state index >= 15 is 0 Å². The fourth-order valence-electron chi connectivity index (χ4n) is 2.20. The van der Waals surface area contributed by atoms with E-state index in [1.165, 1.54) is 5.56 Å². The van der Waals surface area contributed by atoms with Crippen LogP contribution < -0.4 is 4.72 Å². The van der Waals surface area contributed by atoms with Crippen LogP contribution in [-0.2, 0) is 20.4 Å². The number of ether oxygens (including phenoxy) is 1. The van der Waals surface area contributed by atoms with Gasteiger partial charge >= 0.3 is 5.97 Å². The molecule has 1 aromatic rings. The van der Waals surface area contributed by atoms with Gasteiger partial charge in [-0.3, -0.25) is 9.52 Å². The molecule has 0 amide bonds. The number of nitrogens with one attached hydrogen (secondary N) is 1. The monoisotopic (exact) mass is 425 g/mol. The van der Waals surface area contributed by atoms with Gasteiger partial charge in [0, 0.05) is 4.75 Å². The topological polar surface area (TPSA) is 47.6 Å². The van der Waals surface area contributed by atoms with Gasteiger partial charge in [-0.15, -0.1) is 0 Å². The molecule has 0 bridgehead atoms. The van der Waals surface area contributed by atoms with Crippen molar-refractivity contribution in [3.63, 3.8) is 0 Å². The highest BCUT2D eigenvalue weighted by atomic mass is 32.2. The summed E-state index contributed by atoms with van der Waals surface area (Å²) in [7, 11) is -1.83. The van der Waals surface area contributed by atoms with Crippen LogP contribution >= 0.6 is 11.9 Å². The highest BCUT2D eigenvalue weighted by Crippen LogP contribution is 2.37. The van der Waals surface area contributed by atoms with Gasteiger partial charge in [0.1, 0.15) is 0 Å². The van der Waals surface area contributed by atoms with E-state index in [0.29, 0.717) is 19.6 Å². The fraction of sp³-hybridized carbons (Fsp3) is 0.682. The maximum Gasteiger partial charge on any atom is 0.310 e. The molecule has 1 aromatic carbocycles. The first-order valence-electron chi connectivity index (χ1n) is 10.1. The number of esters is 1. The first kappa shape index (κ1) is 25.2. The van der Waals surface area contributed by atoms with Crippen LogP contribution in [0.25, 0.3) is 0 Å². The Morgan fingerprint density at radius 1 is 1.11 bits per heavy atom. The van der Waals surface area contributed by atoms with E-state index in [0.717, 1.165) is 5.56 Å².